The Morgan fingerprint density at radius 3 is 2.81 bits per heavy atom. The fourth-order valence-corrected chi connectivity index (χ4v) is 1.96. The average Bonchev–Trinajstić information content (AvgIpc) is 2.46. The molecule has 0 bridgehead atoms. The molecule has 0 saturated carbocycles. The molecule has 4 nitrogen and oxygen atoms in total. The van der Waals surface area contributed by atoms with Crippen LogP contribution in [0.3, 0.4) is 0 Å². The Labute approximate surface area is 123 Å². The van der Waals surface area contributed by atoms with Gasteiger partial charge in [0.25, 0.3) is 0 Å². The summed E-state index contributed by atoms with van der Waals surface area (Å²) in [5, 5.41) is 9.92. The van der Waals surface area contributed by atoms with Gasteiger partial charge in [0, 0.05) is 6.20 Å². The molecular formula is C17H17NO3. The van der Waals surface area contributed by atoms with Crippen LogP contribution in [0.25, 0.3) is 11.6 Å². The first kappa shape index (κ1) is 14.8. The van der Waals surface area contributed by atoms with Gasteiger partial charge in [0.2, 0.25) is 0 Å². The van der Waals surface area contributed by atoms with E-state index < -0.39 is 5.97 Å². The molecule has 2 rings (SSSR count). The van der Waals surface area contributed by atoms with E-state index in [2.05, 4.69) is 4.98 Å². The minimum absolute atomic E-state index is 0.0514. The molecule has 1 aromatic carbocycles. The molecule has 0 fully saturated rings. The Kier molecular flexibility index (Phi) is 4.72. The number of hydrogen-bond acceptors (Lipinski definition) is 4. The molecule has 1 N–H and O–H groups in total. The maximum absolute atomic E-state index is 12.1. The second kappa shape index (κ2) is 6.70. The zero-order valence-electron chi connectivity index (χ0n) is 12.0. The molecule has 0 saturated heterocycles. The summed E-state index contributed by atoms with van der Waals surface area (Å²) in [5.41, 5.74) is 2.39. The van der Waals surface area contributed by atoms with E-state index in [-0.39, 0.29) is 23.6 Å². The van der Waals surface area contributed by atoms with Crippen molar-refractivity contribution in [1.29, 1.82) is 0 Å². The second-order valence-electron chi connectivity index (χ2n) is 4.56. The van der Waals surface area contributed by atoms with Gasteiger partial charge in [-0.1, -0.05) is 29.8 Å². The van der Waals surface area contributed by atoms with E-state index in [9.17, 15) is 9.90 Å². The molecule has 1 aromatic heterocycles. The zero-order valence-corrected chi connectivity index (χ0v) is 12.0. The van der Waals surface area contributed by atoms with Crippen LogP contribution in [0.4, 0.5) is 0 Å². The van der Waals surface area contributed by atoms with E-state index in [1.165, 1.54) is 12.3 Å². The average molecular weight is 283 g/mol. The normalized spacial score (nSPS) is 11.2. The first-order valence-corrected chi connectivity index (χ1v) is 6.71. The molecule has 0 amide bonds. The Bertz CT molecular complexity index is 677. The van der Waals surface area contributed by atoms with Crippen molar-refractivity contribution < 1.29 is 14.6 Å². The smallest absolute Gasteiger partial charge is 0.340 e. The van der Waals surface area contributed by atoms with Crippen molar-refractivity contribution in [2.24, 2.45) is 0 Å². The maximum atomic E-state index is 12.1. The molecule has 2 aromatic rings. The molecule has 21 heavy (non-hydrogen) atoms. The second-order valence-corrected chi connectivity index (χ2v) is 4.56. The van der Waals surface area contributed by atoms with Crippen molar-refractivity contribution in [3.05, 3.63) is 59.4 Å². The van der Waals surface area contributed by atoms with Crippen LogP contribution < -0.4 is 0 Å². The number of pyridine rings is 1. The minimum Gasteiger partial charge on any atom is -0.506 e. The number of aromatic nitrogens is 1. The third-order valence-electron chi connectivity index (χ3n) is 2.89. The van der Waals surface area contributed by atoms with Gasteiger partial charge in [-0.15, -0.1) is 0 Å². The fourth-order valence-electron chi connectivity index (χ4n) is 1.96. The first-order chi connectivity index (χ1) is 10.1. The lowest BCUT2D eigenvalue weighted by atomic mass is 10.1. The summed E-state index contributed by atoms with van der Waals surface area (Å²) >= 11 is 0. The molecule has 0 aliphatic carbocycles. The molecule has 0 spiro atoms. The number of aromatic hydroxyl groups is 1. The monoisotopic (exact) mass is 283 g/mol. The summed E-state index contributed by atoms with van der Waals surface area (Å²) in [6.45, 7) is 3.97. The summed E-state index contributed by atoms with van der Waals surface area (Å²) < 4.78 is 5.06. The van der Waals surface area contributed by atoms with Gasteiger partial charge in [0.15, 0.2) is 0 Å². The molecule has 1 heterocycles. The van der Waals surface area contributed by atoms with Crippen LogP contribution in [0.2, 0.25) is 0 Å². The lowest BCUT2D eigenvalue weighted by Gasteiger charge is -2.08. The quantitative estimate of drug-likeness (QED) is 0.691. The van der Waals surface area contributed by atoms with Gasteiger partial charge in [-0.3, -0.25) is 4.98 Å². The van der Waals surface area contributed by atoms with Gasteiger partial charge >= 0.3 is 5.97 Å². The summed E-state index contributed by atoms with van der Waals surface area (Å²) in [6.07, 6.45) is 3.20. The highest BCUT2D eigenvalue weighted by Crippen LogP contribution is 2.25. The summed E-state index contributed by atoms with van der Waals surface area (Å²) in [7, 11) is 0. The van der Waals surface area contributed by atoms with Crippen molar-refractivity contribution in [3.8, 4) is 5.75 Å². The number of rotatable bonds is 4. The lowest BCUT2D eigenvalue weighted by Crippen LogP contribution is -2.08. The van der Waals surface area contributed by atoms with Crippen molar-refractivity contribution in [1.82, 2.24) is 4.98 Å². The molecular weight excluding hydrogens is 266 g/mol. The number of esters is 1. The Balaban J connectivity index is 2.51. The maximum Gasteiger partial charge on any atom is 0.340 e. The highest BCUT2D eigenvalue weighted by atomic mass is 16.5. The van der Waals surface area contributed by atoms with Gasteiger partial charge < -0.3 is 9.84 Å². The van der Waals surface area contributed by atoms with E-state index >= 15 is 0 Å². The fraction of sp³-hybridized carbons (Fsp3) is 0.176. The number of hydrogen-bond donors (Lipinski definition) is 1. The zero-order chi connectivity index (χ0) is 15.2. The van der Waals surface area contributed by atoms with E-state index in [1.54, 1.807) is 19.1 Å². The molecule has 0 aliphatic heterocycles. The predicted molar refractivity (Wildman–Crippen MR) is 81.6 cm³/mol. The standard InChI is InChI=1S/C17H17NO3/c1-3-21-17(20)14(16-15(19)8-5-9-18-16)11-13-7-4-6-12(2)10-13/h4-11,19H,3H2,1-2H3. The number of aryl methyl sites for hydroxylation is 1. The largest absolute Gasteiger partial charge is 0.506 e. The lowest BCUT2D eigenvalue weighted by molar-refractivity contribution is -0.136. The van der Waals surface area contributed by atoms with Crippen LogP contribution in [-0.2, 0) is 9.53 Å². The highest BCUT2D eigenvalue weighted by Gasteiger charge is 2.18. The van der Waals surface area contributed by atoms with Crippen molar-refractivity contribution >= 4 is 17.6 Å². The van der Waals surface area contributed by atoms with E-state index in [0.717, 1.165) is 11.1 Å². The highest BCUT2D eigenvalue weighted by molar-refractivity contribution is 6.21. The summed E-state index contributed by atoms with van der Waals surface area (Å²) in [4.78, 5) is 16.2. The number of benzene rings is 1. The van der Waals surface area contributed by atoms with Crippen molar-refractivity contribution in [2.45, 2.75) is 13.8 Å². The van der Waals surface area contributed by atoms with E-state index in [4.69, 9.17) is 4.74 Å². The third-order valence-corrected chi connectivity index (χ3v) is 2.89. The van der Waals surface area contributed by atoms with Crippen molar-refractivity contribution in [2.75, 3.05) is 6.61 Å². The van der Waals surface area contributed by atoms with Crippen LogP contribution >= 0.6 is 0 Å². The van der Waals surface area contributed by atoms with Gasteiger partial charge in [-0.25, -0.2) is 4.79 Å². The number of carbonyl (C=O) groups excluding carboxylic acids is 1. The van der Waals surface area contributed by atoms with Crippen LogP contribution in [0.15, 0.2) is 42.6 Å². The first-order valence-electron chi connectivity index (χ1n) is 6.71. The van der Waals surface area contributed by atoms with Gasteiger partial charge in [0.1, 0.15) is 11.4 Å². The van der Waals surface area contributed by atoms with Crippen molar-refractivity contribution in [3.63, 3.8) is 0 Å². The Hall–Kier alpha value is -2.62. The van der Waals surface area contributed by atoms with Crippen LogP contribution in [0, 0.1) is 6.92 Å². The number of ether oxygens (including phenoxy) is 1. The summed E-state index contributed by atoms with van der Waals surface area (Å²) in [6, 6.07) is 10.8. The third kappa shape index (κ3) is 3.69. The number of carbonyl (C=O) groups is 1. The molecule has 0 aliphatic rings. The SMILES string of the molecule is CCOC(=O)C(=Cc1cccc(C)c1)c1ncccc1O. The van der Waals surface area contributed by atoms with E-state index in [1.807, 2.05) is 31.2 Å². The Morgan fingerprint density at radius 1 is 1.33 bits per heavy atom. The number of nitrogens with zero attached hydrogens (tertiary/aromatic N) is 1. The topological polar surface area (TPSA) is 59.4 Å². The van der Waals surface area contributed by atoms with Gasteiger partial charge in [-0.05, 0) is 37.6 Å². The minimum atomic E-state index is -0.506. The molecule has 0 atom stereocenters. The molecule has 4 heteroatoms. The Morgan fingerprint density at radius 2 is 2.14 bits per heavy atom. The van der Waals surface area contributed by atoms with Crippen LogP contribution in [0.1, 0.15) is 23.7 Å². The van der Waals surface area contributed by atoms with Gasteiger partial charge in [-0.2, -0.15) is 0 Å². The van der Waals surface area contributed by atoms with Crippen LogP contribution in [0.5, 0.6) is 5.75 Å². The van der Waals surface area contributed by atoms with E-state index in [0.29, 0.717) is 0 Å². The molecule has 0 radical (unpaired) electrons. The molecule has 0 unspecified atom stereocenters. The molecule has 108 valence electrons. The van der Waals surface area contributed by atoms with Gasteiger partial charge in [0.05, 0.1) is 12.2 Å². The predicted octanol–water partition coefficient (Wildman–Crippen LogP) is 3.20. The summed E-state index contributed by atoms with van der Waals surface area (Å²) in [5.74, 6) is -0.558. The van der Waals surface area contributed by atoms with Crippen LogP contribution in [-0.4, -0.2) is 22.7 Å².